The first-order valence-electron chi connectivity index (χ1n) is 8.86. The Hall–Kier alpha value is -2.79. The number of nitrogens with one attached hydrogen (secondary N) is 1. The second kappa shape index (κ2) is 6.99. The molecule has 1 aromatic carbocycles. The maximum atomic E-state index is 10.7. The Balaban J connectivity index is 1.69. The van der Waals surface area contributed by atoms with E-state index in [9.17, 15) is 15.3 Å². The van der Waals surface area contributed by atoms with Gasteiger partial charge in [-0.05, 0) is 12.5 Å². The van der Waals surface area contributed by atoms with E-state index in [-0.39, 0.29) is 5.95 Å². The van der Waals surface area contributed by atoms with Crippen LogP contribution in [-0.4, -0.2) is 59.3 Å². The number of benzene rings is 1. The van der Waals surface area contributed by atoms with Crippen molar-refractivity contribution in [2.75, 3.05) is 17.7 Å². The summed E-state index contributed by atoms with van der Waals surface area (Å²) in [5.41, 5.74) is 6.07. The molecule has 0 saturated carbocycles. The summed E-state index contributed by atoms with van der Waals surface area (Å²) in [6, 6.07) is 9.78. The van der Waals surface area contributed by atoms with Crippen LogP contribution in [0.4, 0.5) is 11.8 Å². The molecule has 148 valence electrons. The van der Waals surface area contributed by atoms with Crippen LogP contribution in [0.25, 0.3) is 11.2 Å². The number of hydrogen-bond acceptors (Lipinski definition) is 9. The van der Waals surface area contributed by atoms with Gasteiger partial charge >= 0.3 is 0 Å². The molecule has 0 aliphatic carbocycles. The van der Waals surface area contributed by atoms with E-state index in [1.165, 1.54) is 17.8 Å². The number of hydrogen-bond donors (Lipinski definition) is 5. The van der Waals surface area contributed by atoms with Crippen LogP contribution in [0.3, 0.4) is 0 Å². The fourth-order valence-electron chi connectivity index (χ4n) is 3.40. The predicted molar refractivity (Wildman–Crippen MR) is 101 cm³/mol. The predicted octanol–water partition coefficient (Wildman–Crippen LogP) is 0.0222. The number of rotatable bonds is 5. The molecule has 0 amide bonds. The van der Waals surface area contributed by atoms with Gasteiger partial charge in [-0.1, -0.05) is 30.3 Å². The molecule has 4 rings (SSSR count). The first-order valence-corrected chi connectivity index (χ1v) is 8.86. The van der Waals surface area contributed by atoms with E-state index in [0.717, 1.165) is 5.56 Å². The molecule has 0 bridgehead atoms. The number of ether oxygens (including phenoxy) is 1. The number of anilines is 2. The Morgan fingerprint density at radius 1 is 1.29 bits per heavy atom. The fourth-order valence-corrected chi connectivity index (χ4v) is 3.40. The van der Waals surface area contributed by atoms with E-state index in [2.05, 4.69) is 20.3 Å². The first kappa shape index (κ1) is 18.6. The van der Waals surface area contributed by atoms with Crippen LogP contribution in [0.5, 0.6) is 0 Å². The minimum atomic E-state index is -1.65. The molecule has 1 aliphatic rings. The third-order valence-electron chi connectivity index (χ3n) is 4.93. The van der Waals surface area contributed by atoms with Crippen molar-refractivity contribution in [1.82, 2.24) is 19.5 Å². The number of nitrogens with two attached hydrogens (primary N) is 1. The van der Waals surface area contributed by atoms with Gasteiger partial charge in [0.2, 0.25) is 5.95 Å². The Morgan fingerprint density at radius 3 is 2.71 bits per heavy atom. The summed E-state index contributed by atoms with van der Waals surface area (Å²) < 4.78 is 7.14. The van der Waals surface area contributed by atoms with E-state index in [1.807, 2.05) is 30.3 Å². The van der Waals surface area contributed by atoms with E-state index in [0.29, 0.717) is 23.5 Å². The highest BCUT2D eigenvalue weighted by Gasteiger charge is 2.53. The Bertz CT molecular complexity index is 977. The summed E-state index contributed by atoms with van der Waals surface area (Å²) in [5.74, 6) is 0.476. The molecule has 10 heteroatoms. The molecular formula is C18H22N6O4. The normalized spacial score (nSPS) is 27.4. The van der Waals surface area contributed by atoms with Crippen LogP contribution in [-0.2, 0) is 11.3 Å². The standard InChI is InChI=1S/C18H22N6O4/c1-18(27)13(26)11(8-25)28-16(18)24-9-21-12-14(22-17(19)23-15(12)24)20-7-10-5-3-2-4-6-10/h2-6,9,11,13,16,25-27H,7-8H2,1H3,(H3,19,20,22,23)/t11-,13-,16-,18-/m1/s1. The van der Waals surface area contributed by atoms with Gasteiger partial charge in [0, 0.05) is 6.54 Å². The molecule has 1 aliphatic heterocycles. The van der Waals surface area contributed by atoms with Gasteiger partial charge in [-0.3, -0.25) is 4.57 Å². The van der Waals surface area contributed by atoms with E-state index >= 15 is 0 Å². The third-order valence-corrected chi connectivity index (χ3v) is 4.93. The Morgan fingerprint density at radius 2 is 2.04 bits per heavy atom. The van der Waals surface area contributed by atoms with Crippen molar-refractivity contribution in [3.63, 3.8) is 0 Å². The molecule has 3 heterocycles. The number of nitrogen functional groups attached to an aromatic ring is 1. The van der Waals surface area contributed by atoms with Gasteiger partial charge in [-0.15, -0.1) is 0 Å². The largest absolute Gasteiger partial charge is 0.394 e. The second-order valence-electron chi connectivity index (χ2n) is 6.97. The first-order chi connectivity index (χ1) is 13.4. The summed E-state index contributed by atoms with van der Waals surface area (Å²) in [6.07, 6.45) is -1.75. The van der Waals surface area contributed by atoms with Crippen LogP contribution in [0, 0.1) is 0 Å². The van der Waals surface area contributed by atoms with Crippen molar-refractivity contribution in [3.8, 4) is 0 Å². The van der Waals surface area contributed by atoms with Gasteiger partial charge in [-0.2, -0.15) is 9.97 Å². The highest BCUT2D eigenvalue weighted by molar-refractivity contribution is 5.84. The topological polar surface area (TPSA) is 152 Å². The number of aromatic nitrogens is 4. The summed E-state index contributed by atoms with van der Waals surface area (Å²) in [4.78, 5) is 12.8. The van der Waals surface area contributed by atoms with Crippen molar-refractivity contribution in [1.29, 1.82) is 0 Å². The summed E-state index contributed by atoms with van der Waals surface area (Å²) in [6.45, 7) is 1.52. The minimum Gasteiger partial charge on any atom is -0.394 e. The quantitative estimate of drug-likeness (QED) is 0.409. The third kappa shape index (κ3) is 3.06. The highest BCUT2D eigenvalue weighted by atomic mass is 16.6. The van der Waals surface area contributed by atoms with Crippen molar-refractivity contribution < 1.29 is 20.1 Å². The molecule has 0 radical (unpaired) electrons. The van der Waals surface area contributed by atoms with Crippen molar-refractivity contribution in [3.05, 3.63) is 42.2 Å². The van der Waals surface area contributed by atoms with Gasteiger partial charge in [0.05, 0.1) is 12.9 Å². The molecule has 2 aromatic heterocycles. The van der Waals surface area contributed by atoms with Crippen LogP contribution < -0.4 is 11.1 Å². The molecule has 0 spiro atoms. The number of aliphatic hydroxyl groups excluding tert-OH is 2. The maximum Gasteiger partial charge on any atom is 0.224 e. The number of fused-ring (bicyclic) bond motifs is 1. The van der Waals surface area contributed by atoms with Gasteiger partial charge in [0.25, 0.3) is 0 Å². The second-order valence-corrected chi connectivity index (χ2v) is 6.97. The molecule has 10 nitrogen and oxygen atoms in total. The molecule has 28 heavy (non-hydrogen) atoms. The van der Waals surface area contributed by atoms with E-state index in [4.69, 9.17) is 10.5 Å². The Kier molecular flexibility index (Phi) is 4.63. The van der Waals surface area contributed by atoms with Crippen LogP contribution in [0.1, 0.15) is 18.7 Å². The van der Waals surface area contributed by atoms with E-state index < -0.39 is 30.6 Å². The van der Waals surface area contributed by atoms with E-state index in [1.54, 1.807) is 0 Å². The summed E-state index contributed by atoms with van der Waals surface area (Å²) in [5, 5.41) is 33.5. The zero-order valence-electron chi connectivity index (χ0n) is 15.2. The minimum absolute atomic E-state index is 0.0294. The Labute approximate surface area is 160 Å². The zero-order chi connectivity index (χ0) is 19.9. The smallest absolute Gasteiger partial charge is 0.224 e. The van der Waals surface area contributed by atoms with Gasteiger partial charge in [0.15, 0.2) is 23.2 Å². The number of aliphatic hydroxyl groups is 3. The number of nitrogens with zero attached hydrogens (tertiary/aromatic N) is 4. The molecule has 3 aromatic rings. The average molecular weight is 386 g/mol. The number of imidazole rings is 1. The highest BCUT2D eigenvalue weighted by Crippen LogP contribution is 2.39. The lowest BCUT2D eigenvalue weighted by Crippen LogP contribution is -2.44. The lowest BCUT2D eigenvalue weighted by Gasteiger charge is -2.27. The maximum absolute atomic E-state index is 10.7. The molecular weight excluding hydrogens is 364 g/mol. The van der Waals surface area contributed by atoms with Gasteiger partial charge in [-0.25, -0.2) is 4.98 Å². The average Bonchev–Trinajstić information content (AvgIpc) is 3.19. The zero-order valence-corrected chi connectivity index (χ0v) is 15.2. The molecule has 4 atom stereocenters. The SMILES string of the molecule is C[C@@]1(O)[C@H](O)[C@@H](CO)O[C@H]1n1cnc2c(NCc3ccccc3)nc(N)nc21. The summed E-state index contributed by atoms with van der Waals surface area (Å²) >= 11 is 0. The molecule has 6 N–H and O–H groups in total. The molecule has 1 fully saturated rings. The molecule has 0 unspecified atom stereocenters. The van der Waals surface area contributed by atoms with Gasteiger partial charge in [0.1, 0.15) is 17.8 Å². The summed E-state index contributed by atoms with van der Waals surface area (Å²) in [7, 11) is 0. The van der Waals surface area contributed by atoms with Crippen molar-refractivity contribution in [2.24, 2.45) is 0 Å². The lowest BCUT2D eigenvalue weighted by molar-refractivity contribution is -0.0950. The van der Waals surface area contributed by atoms with Gasteiger partial charge < -0.3 is 31.1 Å². The molecule has 1 saturated heterocycles. The van der Waals surface area contributed by atoms with Crippen molar-refractivity contribution in [2.45, 2.75) is 37.5 Å². The van der Waals surface area contributed by atoms with Crippen LogP contribution >= 0.6 is 0 Å². The fraction of sp³-hybridized carbons (Fsp3) is 0.389. The lowest BCUT2D eigenvalue weighted by atomic mass is 9.96. The van der Waals surface area contributed by atoms with Crippen molar-refractivity contribution >= 4 is 22.9 Å². The van der Waals surface area contributed by atoms with Crippen LogP contribution in [0.15, 0.2) is 36.7 Å². The van der Waals surface area contributed by atoms with Crippen LogP contribution in [0.2, 0.25) is 0 Å². The monoisotopic (exact) mass is 386 g/mol.